The molecule has 3 heteroatoms. The molecule has 1 aliphatic carbocycles. The highest BCUT2D eigenvalue weighted by Gasteiger charge is 2.21. The summed E-state index contributed by atoms with van der Waals surface area (Å²) >= 11 is 6.07. The lowest BCUT2D eigenvalue weighted by Gasteiger charge is -2.23. The molecule has 2 nitrogen and oxygen atoms in total. The number of nitrogens with one attached hydrogen (secondary N) is 1. The zero-order valence-electron chi connectivity index (χ0n) is 12.6. The van der Waals surface area contributed by atoms with Gasteiger partial charge in [-0.1, -0.05) is 30.7 Å². The van der Waals surface area contributed by atoms with Crippen molar-refractivity contribution in [2.24, 2.45) is 0 Å². The summed E-state index contributed by atoms with van der Waals surface area (Å²) in [5.74, 6) is 0. The third kappa shape index (κ3) is 3.50. The summed E-state index contributed by atoms with van der Waals surface area (Å²) in [6.07, 6.45) is 9.58. The van der Waals surface area contributed by atoms with Gasteiger partial charge in [-0.2, -0.15) is 0 Å². The highest BCUT2D eigenvalue weighted by atomic mass is 35.5. The minimum Gasteiger partial charge on any atom is -0.349 e. The first kappa shape index (κ1) is 14.7. The van der Waals surface area contributed by atoms with E-state index in [1.807, 2.05) is 18.2 Å². The molecule has 1 aromatic heterocycles. The number of aryl methyl sites for hydroxylation is 1. The number of benzene rings is 1. The van der Waals surface area contributed by atoms with Gasteiger partial charge in [0.1, 0.15) is 0 Å². The molecule has 0 bridgehead atoms. The Morgan fingerprint density at radius 1 is 1.33 bits per heavy atom. The predicted octanol–water partition coefficient (Wildman–Crippen LogP) is 4.57. The van der Waals surface area contributed by atoms with Crippen molar-refractivity contribution in [1.29, 1.82) is 0 Å². The fraction of sp³-hybridized carbons (Fsp3) is 0.444. The van der Waals surface area contributed by atoms with Gasteiger partial charge in [0, 0.05) is 30.0 Å². The van der Waals surface area contributed by atoms with Crippen LogP contribution in [0.4, 0.5) is 0 Å². The molecule has 1 unspecified atom stereocenters. The van der Waals surface area contributed by atoms with Crippen LogP contribution < -0.4 is 5.32 Å². The molecule has 0 saturated heterocycles. The second kappa shape index (κ2) is 6.67. The van der Waals surface area contributed by atoms with Crippen molar-refractivity contribution < 1.29 is 0 Å². The summed E-state index contributed by atoms with van der Waals surface area (Å²) in [5.41, 5.74) is 4.27. The van der Waals surface area contributed by atoms with Gasteiger partial charge in [0.25, 0.3) is 0 Å². The molecule has 0 amide bonds. The van der Waals surface area contributed by atoms with Crippen molar-refractivity contribution in [3.63, 3.8) is 0 Å². The van der Waals surface area contributed by atoms with Crippen molar-refractivity contribution in [2.75, 3.05) is 6.54 Å². The first-order valence-corrected chi connectivity index (χ1v) is 8.30. The molecule has 1 atom stereocenters. The molecule has 0 saturated carbocycles. The molecule has 3 rings (SSSR count). The Morgan fingerprint density at radius 2 is 2.24 bits per heavy atom. The molecule has 1 aromatic carbocycles. The SMILES string of the molecule is CCCNC1CCCc2cn(Cc3cccc(Cl)c3)cc21. The van der Waals surface area contributed by atoms with Crippen LogP contribution in [0.15, 0.2) is 36.7 Å². The lowest BCUT2D eigenvalue weighted by Crippen LogP contribution is -2.24. The first-order valence-electron chi connectivity index (χ1n) is 7.92. The van der Waals surface area contributed by atoms with Crippen LogP contribution in [0.25, 0.3) is 0 Å². The minimum absolute atomic E-state index is 0.536. The lowest BCUT2D eigenvalue weighted by molar-refractivity contribution is 0.462. The van der Waals surface area contributed by atoms with E-state index >= 15 is 0 Å². The quantitative estimate of drug-likeness (QED) is 0.856. The normalized spacial score (nSPS) is 17.7. The van der Waals surface area contributed by atoms with Crippen LogP contribution in [0.2, 0.25) is 5.02 Å². The molecule has 0 fully saturated rings. The van der Waals surface area contributed by atoms with Crippen LogP contribution in [0, 0.1) is 0 Å². The Kier molecular flexibility index (Phi) is 4.67. The molecule has 0 spiro atoms. The van der Waals surface area contributed by atoms with Gasteiger partial charge in [0.2, 0.25) is 0 Å². The Hall–Kier alpha value is -1.25. The fourth-order valence-corrected chi connectivity index (χ4v) is 3.43. The van der Waals surface area contributed by atoms with Gasteiger partial charge >= 0.3 is 0 Å². The number of hydrogen-bond acceptors (Lipinski definition) is 1. The molecule has 21 heavy (non-hydrogen) atoms. The van der Waals surface area contributed by atoms with Gasteiger partial charge in [-0.05, 0) is 61.1 Å². The van der Waals surface area contributed by atoms with Gasteiger partial charge in [-0.3, -0.25) is 0 Å². The molecule has 0 aliphatic heterocycles. The smallest absolute Gasteiger partial charge is 0.0470 e. The van der Waals surface area contributed by atoms with Crippen LogP contribution in [-0.2, 0) is 13.0 Å². The number of rotatable bonds is 5. The summed E-state index contributed by atoms with van der Waals surface area (Å²) in [6.45, 7) is 4.22. The third-order valence-corrected chi connectivity index (χ3v) is 4.44. The van der Waals surface area contributed by atoms with Gasteiger partial charge < -0.3 is 9.88 Å². The predicted molar refractivity (Wildman–Crippen MR) is 89.0 cm³/mol. The molecule has 1 aliphatic rings. The van der Waals surface area contributed by atoms with Gasteiger partial charge in [0.15, 0.2) is 0 Å². The average molecular weight is 303 g/mol. The van der Waals surface area contributed by atoms with E-state index in [-0.39, 0.29) is 0 Å². The molecular weight excluding hydrogens is 280 g/mol. The second-order valence-electron chi connectivity index (χ2n) is 5.94. The van der Waals surface area contributed by atoms with Gasteiger partial charge in [0.05, 0.1) is 0 Å². The zero-order valence-corrected chi connectivity index (χ0v) is 13.4. The van der Waals surface area contributed by atoms with Crippen LogP contribution in [-0.4, -0.2) is 11.1 Å². The third-order valence-electron chi connectivity index (χ3n) is 4.21. The summed E-state index contributed by atoms with van der Waals surface area (Å²) in [4.78, 5) is 0. The number of nitrogens with zero attached hydrogens (tertiary/aromatic N) is 1. The van der Waals surface area contributed by atoms with E-state index in [1.54, 1.807) is 0 Å². The number of hydrogen-bond donors (Lipinski definition) is 1. The van der Waals surface area contributed by atoms with E-state index in [0.717, 1.165) is 18.1 Å². The summed E-state index contributed by atoms with van der Waals surface area (Å²) in [5, 5.41) is 4.49. The van der Waals surface area contributed by atoms with Crippen molar-refractivity contribution in [3.8, 4) is 0 Å². The van der Waals surface area contributed by atoms with Gasteiger partial charge in [-0.25, -0.2) is 0 Å². The highest BCUT2D eigenvalue weighted by Crippen LogP contribution is 2.30. The standard InChI is InChI=1S/C18H23ClN2/c1-2-9-20-18-8-4-6-15-12-21(13-17(15)18)11-14-5-3-7-16(19)10-14/h3,5,7,10,12-13,18,20H,2,4,6,8-9,11H2,1H3. The number of fused-ring (bicyclic) bond motifs is 1. The maximum absolute atomic E-state index is 6.07. The average Bonchev–Trinajstić information content (AvgIpc) is 2.88. The Morgan fingerprint density at radius 3 is 3.05 bits per heavy atom. The number of halogens is 1. The Bertz CT molecular complexity index is 603. The Balaban J connectivity index is 1.78. The second-order valence-corrected chi connectivity index (χ2v) is 6.38. The van der Waals surface area contributed by atoms with Crippen molar-refractivity contribution in [1.82, 2.24) is 9.88 Å². The molecule has 112 valence electrons. The van der Waals surface area contributed by atoms with Crippen LogP contribution >= 0.6 is 11.6 Å². The maximum Gasteiger partial charge on any atom is 0.0470 e. The van der Waals surface area contributed by atoms with Crippen LogP contribution in [0.3, 0.4) is 0 Å². The monoisotopic (exact) mass is 302 g/mol. The molecular formula is C18H23ClN2. The van der Waals surface area contributed by atoms with Crippen LogP contribution in [0.1, 0.15) is 48.9 Å². The van der Waals surface area contributed by atoms with E-state index < -0.39 is 0 Å². The summed E-state index contributed by atoms with van der Waals surface area (Å²) in [6, 6.07) is 8.67. The Labute approximate surface area is 132 Å². The fourth-order valence-electron chi connectivity index (χ4n) is 3.22. The first-order chi connectivity index (χ1) is 10.3. The zero-order chi connectivity index (χ0) is 14.7. The van der Waals surface area contributed by atoms with E-state index in [4.69, 9.17) is 11.6 Å². The highest BCUT2D eigenvalue weighted by molar-refractivity contribution is 6.30. The van der Waals surface area contributed by atoms with E-state index in [1.165, 1.54) is 42.4 Å². The van der Waals surface area contributed by atoms with E-state index in [2.05, 4.69) is 35.3 Å². The molecule has 1 heterocycles. The van der Waals surface area contributed by atoms with E-state index in [0.29, 0.717) is 6.04 Å². The maximum atomic E-state index is 6.07. The largest absolute Gasteiger partial charge is 0.349 e. The topological polar surface area (TPSA) is 17.0 Å². The summed E-state index contributed by atoms with van der Waals surface area (Å²) < 4.78 is 2.31. The number of aromatic nitrogens is 1. The molecule has 2 aromatic rings. The molecule has 0 radical (unpaired) electrons. The molecule has 1 N–H and O–H groups in total. The van der Waals surface area contributed by atoms with Crippen LogP contribution in [0.5, 0.6) is 0 Å². The lowest BCUT2D eigenvalue weighted by atomic mass is 9.91. The summed E-state index contributed by atoms with van der Waals surface area (Å²) in [7, 11) is 0. The minimum atomic E-state index is 0.536. The van der Waals surface area contributed by atoms with Crippen molar-refractivity contribution in [3.05, 3.63) is 58.4 Å². The van der Waals surface area contributed by atoms with Gasteiger partial charge in [-0.15, -0.1) is 0 Å². The van der Waals surface area contributed by atoms with Crippen molar-refractivity contribution >= 4 is 11.6 Å². The van der Waals surface area contributed by atoms with E-state index in [9.17, 15) is 0 Å². The van der Waals surface area contributed by atoms with Crippen molar-refractivity contribution in [2.45, 2.75) is 45.2 Å².